The lowest BCUT2D eigenvalue weighted by molar-refractivity contribution is -0.119. The fourth-order valence-electron chi connectivity index (χ4n) is 2.05. The maximum absolute atomic E-state index is 11.9. The molecule has 0 fully saturated rings. The molecule has 2 rings (SSSR count). The Hall–Kier alpha value is -2.49. The first-order valence-corrected chi connectivity index (χ1v) is 6.97. The number of hydrogen-bond donors (Lipinski definition) is 2. The van der Waals surface area contributed by atoms with Gasteiger partial charge in [0, 0.05) is 20.6 Å². The molecule has 0 heterocycles. The van der Waals surface area contributed by atoms with E-state index >= 15 is 0 Å². The maximum atomic E-state index is 11.9. The van der Waals surface area contributed by atoms with Gasteiger partial charge >= 0.3 is 0 Å². The van der Waals surface area contributed by atoms with E-state index in [4.69, 9.17) is 0 Å². The Labute approximate surface area is 125 Å². The van der Waals surface area contributed by atoms with Crippen molar-refractivity contribution in [1.82, 2.24) is 5.32 Å². The first-order chi connectivity index (χ1) is 10.2. The van der Waals surface area contributed by atoms with Gasteiger partial charge in [-0.2, -0.15) is 0 Å². The van der Waals surface area contributed by atoms with Crippen molar-refractivity contribution >= 4 is 17.3 Å². The molecule has 2 aromatic rings. The molecule has 0 saturated heterocycles. The van der Waals surface area contributed by atoms with Gasteiger partial charge in [-0.1, -0.05) is 42.5 Å². The van der Waals surface area contributed by atoms with Crippen LogP contribution in [0.4, 0.5) is 11.4 Å². The maximum Gasteiger partial charge on any atom is 0.239 e. The lowest BCUT2D eigenvalue weighted by Crippen LogP contribution is -2.29. The molecule has 0 atom stereocenters. The van der Waals surface area contributed by atoms with Crippen molar-refractivity contribution in [2.75, 3.05) is 30.9 Å². The van der Waals surface area contributed by atoms with Crippen LogP contribution in [0, 0.1) is 0 Å². The van der Waals surface area contributed by atoms with E-state index in [0.29, 0.717) is 6.54 Å². The fraction of sp³-hybridized carbons (Fsp3) is 0.235. The molecule has 4 heteroatoms. The van der Waals surface area contributed by atoms with Gasteiger partial charge in [-0.25, -0.2) is 0 Å². The molecule has 0 aromatic heterocycles. The number of amides is 1. The Bertz CT molecular complexity index is 582. The fourth-order valence-corrected chi connectivity index (χ4v) is 2.05. The van der Waals surface area contributed by atoms with Gasteiger partial charge in [-0.15, -0.1) is 0 Å². The largest absolute Gasteiger partial charge is 0.376 e. The number of nitrogens with one attached hydrogen (secondary N) is 2. The van der Waals surface area contributed by atoms with Gasteiger partial charge in [0.2, 0.25) is 5.91 Å². The average Bonchev–Trinajstić information content (AvgIpc) is 2.52. The molecule has 0 spiro atoms. The number of carbonyl (C=O) groups excluding carboxylic acids is 1. The zero-order valence-corrected chi connectivity index (χ0v) is 12.5. The Morgan fingerprint density at radius 1 is 1.00 bits per heavy atom. The molecule has 0 unspecified atom stereocenters. The second-order valence-electron chi connectivity index (χ2n) is 5.03. The summed E-state index contributed by atoms with van der Waals surface area (Å²) in [6.07, 6.45) is 0. The van der Waals surface area contributed by atoms with Crippen LogP contribution < -0.4 is 15.5 Å². The first kappa shape index (κ1) is 14.9. The van der Waals surface area contributed by atoms with E-state index in [1.54, 1.807) is 0 Å². The third-order valence-corrected chi connectivity index (χ3v) is 3.16. The van der Waals surface area contributed by atoms with E-state index in [2.05, 4.69) is 10.6 Å². The van der Waals surface area contributed by atoms with E-state index in [-0.39, 0.29) is 12.5 Å². The molecule has 0 saturated carbocycles. The molecular formula is C17H21N3O. The lowest BCUT2D eigenvalue weighted by Gasteiger charge is -2.18. The number of benzene rings is 2. The van der Waals surface area contributed by atoms with Crippen LogP contribution in [-0.2, 0) is 11.3 Å². The summed E-state index contributed by atoms with van der Waals surface area (Å²) in [4.78, 5) is 13.9. The summed E-state index contributed by atoms with van der Waals surface area (Å²) in [5.41, 5.74) is 3.12. The normalized spacial score (nSPS) is 10.0. The van der Waals surface area contributed by atoms with E-state index < -0.39 is 0 Å². The standard InChI is InChI=1S/C17H21N3O/c1-20(2)16-11-7-6-10-15(16)18-13-17(21)19-12-14-8-4-3-5-9-14/h3-11,18H,12-13H2,1-2H3,(H,19,21). The summed E-state index contributed by atoms with van der Waals surface area (Å²) < 4.78 is 0. The van der Waals surface area contributed by atoms with Crippen molar-refractivity contribution < 1.29 is 4.79 Å². The van der Waals surface area contributed by atoms with Crippen LogP contribution in [-0.4, -0.2) is 26.5 Å². The quantitative estimate of drug-likeness (QED) is 0.856. The van der Waals surface area contributed by atoms with Crippen molar-refractivity contribution in [2.45, 2.75) is 6.54 Å². The molecule has 4 nitrogen and oxygen atoms in total. The number of hydrogen-bond acceptors (Lipinski definition) is 3. The lowest BCUT2D eigenvalue weighted by atomic mass is 10.2. The summed E-state index contributed by atoms with van der Waals surface area (Å²) >= 11 is 0. The predicted octanol–water partition coefficient (Wildman–Crippen LogP) is 2.48. The molecule has 0 aliphatic heterocycles. The molecular weight excluding hydrogens is 262 g/mol. The topological polar surface area (TPSA) is 44.4 Å². The summed E-state index contributed by atoms with van der Waals surface area (Å²) in [6, 6.07) is 17.8. The van der Waals surface area contributed by atoms with Crippen molar-refractivity contribution in [3.63, 3.8) is 0 Å². The van der Waals surface area contributed by atoms with E-state index in [9.17, 15) is 4.79 Å². The molecule has 2 aromatic carbocycles. The van der Waals surface area contributed by atoms with Crippen LogP contribution in [0.25, 0.3) is 0 Å². The Balaban J connectivity index is 1.84. The SMILES string of the molecule is CN(C)c1ccccc1NCC(=O)NCc1ccccc1. The highest BCUT2D eigenvalue weighted by atomic mass is 16.1. The third-order valence-electron chi connectivity index (χ3n) is 3.16. The average molecular weight is 283 g/mol. The molecule has 1 amide bonds. The molecule has 0 bridgehead atoms. The summed E-state index contributed by atoms with van der Waals surface area (Å²) in [7, 11) is 3.96. The minimum Gasteiger partial charge on any atom is -0.376 e. The van der Waals surface area contributed by atoms with Gasteiger partial charge in [0.1, 0.15) is 0 Å². The smallest absolute Gasteiger partial charge is 0.239 e. The van der Waals surface area contributed by atoms with Gasteiger partial charge in [0.05, 0.1) is 17.9 Å². The monoisotopic (exact) mass is 283 g/mol. The van der Waals surface area contributed by atoms with Gasteiger partial charge in [0.15, 0.2) is 0 Å². The van der Waals surface area contributed by atoms with Crippen LogP contribution in [0.1, 0.15) is 5.56 Å². The van der Waals surface area contributed by atoms with Gasteiger partial charge in [0.25, 0.3) is 0 Å². The van der Waals surface area contributed by atoms with Crippen molar-refractivity contribution in [2.24, 2.45) is 0 Å². The number of carbonyl (C=O) groups is 1. The highest BCUT2D eigenvalue weighted by Gasteiger charge is 2.05. The minimum absolute atomic E-state index is 0.0209. The zero-order chi connectivity index (χ0) is 15.1. The van der Waals surface area contributed by atoms with Gasteiger partial charge < -0.3 is 15.5 Å². The molecule has 0 aliphatic rings. The van der Waals surface area contributed by atoms with E-state index in [0.717, 1.165) is 16.9 Å². The summed E-state index contributed by atoms with van der Waals surface area (Å²) in [5.74, 6) is -0.0209. The van der Waals surface area contributed by atoms with Gasteiger partial charge in [-0.3, -0.25) is 4.79 Å². The second-order valence-corrected chi connectivity index (χ2v) is 5.03. The molecule has 2 N–H and O–H groups in total. The Morgan fingerprint density at radius 3 is 2.38 bits per heavy atom. The van der Waals surface area contributed by atoms with E-state index in [1.807, 2.05) is 73.6 Å². The molecule has 110 valence electrons. The van der Waals surface area contributed by atoms with Crippen LogP contribution in [0.2, 0.25) is 0 Å². The van der Waals surface area contributed by atoms with Crippen molar-refractivity contribution in [1.29, 1.82) is 0 Å². The number of nitrogens with zero attached hydrogens (tertiary/aromatic N) is 1. The molecule has 21 heavy (non-hydrogen) atoms. The second kappa shape index (κ2) is 7.33. The number of anilines is 2. The minimum atomic E-state index is -0.0209. The van der Waals surface area contributed by atoms with Gasteiger partial charge in [-0.05, 0) is 17.7 Å². The summed E-state index contributed by atoms with van der Waals surface area (Å²) in [5, 5.41) is 6.08. The third kappa shape index (κ3) is 4.53. The highest BCUT2D eigenvalue weighted by molar-refractivity contribution is 5.82. The van der Waals surface area contributed by atoms with Crippen LogP contribution in [0.3, 0.4) is 0 Å². The van der Waals surface area contributed by atoms with E-state index in [1.165, 1.54) is 0 Å². The highest BCUT2D eigenvalue weighted by Crippen LogP contribution is 2.22. The van der Waals surface area contributed by atoms with Crippen LogP contribution >= 0.6 is 0 Å². The van der Waals surface area contributed by atoms with Crippen LogP contribution in [0.5, 0.6) is 0 Å². The first-order valence-electron chi connectivity index (χ1n) is 6.97. The predicted molar refractivity (Wildman–Crippen MR) is 87.5 cm³/mol. The van der Waals surface area contributed by atoms with Crippen molar-refractivity contribution in [3.8, 4) is 0 Å². The molecule has 0 radical (unpaired) electrons. The Kier molecular flexibility index (Phi) is 5.21. The van der Waals surface area contributed by atoms with Crippen LogP contribution in [0.15, 0.2) is 54.6 Å². The zero-order valence-electron chi connectivity index (χ0n) is 12.5. The number of para-hydroxylation sites is 2. The van der Waals surface area contributed by atoms with Crippen molar-refractivity contribution in [3.05, 3.63) is 60.2 Å². The summed E-state index contributed by atoms with van der Waals surface area (Å²) in [6.45, 7) is 0.814. The Morgan fingerprint density at radius 2 is 1.67 bits per heavy atom. The molecule has 0 aliphatic carbocycles. The number of rotatable bonds is 6.